The van der Waals surface area contributed by atoms with Gasteiger partial charge in [0.25, 0.3) is 11.6 Å². The van der Waals surface area contributed by atoms with Crippen LogP contribution < -0.4 is 10.6 Å². The van der Waals surface area contributed by atoms with Crippen molar-refractivity contribution >= 4 is 29.4 Å². The van der Waals surface area contributed by atoms with E-state index in [2.05, 4.69) is 15.7 Å². The zero-order valence-electron chi connectivity index (χ0n) is 18.1. The number of nitrogens with zero attached hydrogens (tertiary/aromatic N) is 4. The SMILES string of the molecule is Cc1cc(NC(=O)CN2C(=O)NC(C)(c3ccc(F)cc3)C2=O)n(-c2ccc([N+](=O)[O-])cc2)n1. The summed E-state index contributed by atoms with van der Waals surface area (Å²) in [4.78, 5) is 49.3. The van der Waals surface area contributed by atoms with Crippen molar-refractivity contribution in [1.82, 2.24) is 20.0 Å². The van der Waals surface area contributed by atoms with Gasteiger partial charge in [0.05, 0.1) is 16.3 Å². The molecule has 0 bridgehead atoms. The molecule has 0 saturated carbocycles. The molecule has 1 atom stereocenters. The van der Waals surface area contributed by atoms with E-state index in [9.17, 15) is 28.9 Å². The molecule has 34 heavy (non-hydrogen) atoms. The van der Waals surface area contributed by atoms with E-state index in [0.717, 1.165) is 4.90 Å². The lowest BCUT2D eigenvalue weighted by molar-refractivity contribution is -0.384. The fourth-order valence-electron chi connectivity index (χ4n) is 3.65. The Kier molecular flexibility index (Phi) is 5.57. The Bertz CT molecular complexity index is 1300. The minimum Gasteiger partial charge on any atom is -0.319 e. The first-order valence-electron chi connectivity index (χ1n) is 10.1. The molecule has 2 aromatic carbocycles. The van der Waals surface area contributed by atoms with Crippen molar-refractivity contribution in [1.29, 1.82) is 0 Å². The van der Waals surface area contributed by atoms with E-state index in [-0.39, 0.29) is 11.5 Å². The molecule has 12 heteroatoms. The average molecular weight is 466 g/mol. The van der Waals surface area contributed by atoms with Gasteiger partial charge in [0.1, 0.15) is 23.7 Å². The number of aromatic nitrogens is 2. The second-order valence-electron chi connectivity index (χ2n) is 7.86. The van der Waals surface area contributed by atoms with Gasteiger partial charge in [-0.05, 0) is 43.7 Å². The van der Waals surface area contributed by atoms with E-state index in [0.29, 0.717) is 16.9 Å². The molecule has 3 aromatic rings. The Morgan fingerprint density at radius 1 is 1.18 bits per heavy atom. The summed E-state index contributed by atoms with van der Waals surface area (Å²) in [5.41, 5.74) is -0.134. The van der Waals surface area contributed by atoms with Crippen LogP contribution in [0.1, 0.15) is 18.2 Å². The van der Waals surface area contributed by atoms with Crippen LogP contribution in [0.3, 0.4) is 0 Å². The third-order valence-corrected chi connectivity index (χ3v) is 5.40. The Morgan fingerprint density at radius 3 is 2.44 bits per heavy atom. The number of hydrogen-bond acceptors (Lipinski definition) is 6. The quantitative estimate of drug-likeness (QED) is 0.325. The molecule has 11 nitrogen and oxygen atoms in total. The van der Waals surface area contributed by atoms with Gasteiger partial charge in [-0.2, -0.15) is 5.10 Å². The summed E-state index contributed by atoms with van der Waals surface area (Å²) in [7, 11) is 0. The van der Waals surface area contributed by atoms with Crippen molar-refractivity contribution in [2.45, 2.75) is 19.4 Å². The standard InChI is InChI=1S/C22H19FN6O5/c1-13-11-18(28(26-13)16-7-9-17(10-8-16)29(33)34)24-19(30)12-27-20(31)22(2,25-21(27)32)14-3-5-15(23)6-4-14/h3-11H,12H2,1-2H3,(H,24,30)(H,25,32). The van der Waals surface area contributed by atoms with E-state index in [1.54, 1.807) is 13.0 Å². The van der Waals surface area contributed by atoms with Crippen LogP contribution in [-0.4, -0.2) is 44.0 Å². The summed E-state index contributed by atoms with van der Waals surface area (Å²) in [5.74, 6) is -1.54. The number of urea groups is 1. The normalized spacial score (nSPS) is 17.6. The topological polar surface area (TPSA) is 139 Å². The minimum absolute atomic E-state index is 0.0963. The molecule has 1 unspecified atom stereocenters. The summed E-state index contributed by atoms with van der Waals surface area (Å²) in [6.07, 6.45) is 0. The number of carbonyl (C=O) groups excluding carboxylic acids is 3. The Labute approximate surface area is 192 Å². The molecule has 2 N–H and O–H groups in total. The van der Waals surface area contributed by atoms with Crippen LogP contribution in [0.15, 0.2) is 54.6 Å². The smallest absolute Gasteiger partial charge is 0.319 e. The highest BCUT2D eigenvalue weighted by atomic mass is 19.1. The largest absolute Gasteiger partial charge is 0.325 e. The predicted octanol–water partition coefficient (Wildman–Crippen LogP) is 2.63. The lowest BCUT2D eigenvalue weighted by Gasteiger charge is -2.22. The number of aryl methyl sites for hydroxylation is 1. The maximum Gasteiger partial charge on any atom is 0.325 e. The molecular weight excluding hydrogens is 447 g/mol. The van der Waals surface area contributed by atoms with Crippen molar-refractivity contribution in [3.8, 4) is 5.69 Å². The number of nitro groups is 1. The van der Waals surface area contributed by atoms with Crippen LogP contribution in [0, 0.1) is 22.9 Å². The van der Waals surface area contributed by atoms with Gasteiger partial charge in [-0.1, -0.05) is 12.1 Å². The summed E-state index contributed by atoms with van der Waals surface area (Å²) in [6.45, 7) is 2.61. The minimum atomic E-state index is -1.44. The number of imide groups is 1. The first-order chi connectivity index (χ1) is 16.1. The zero-order chi connectivity index (χ0) is 24.6. The van der Waals surface area contributed by atoms with Crippen molar-refractivity contribution in [2.75, 3.05) is 11.9 Å². The maximum absolute atomic E-state index is 13.3. The third kappa shape index (κ3) is 4.08. The van der Waals surface area contributed by atoms with E-state index < -0.39 is 40.7 Å². The van der Waals surface area contributed by atoms with Crippen LogP contribution in [0.25, 0.3) is 5.69 Å². The predicted molar refractivity (Wildman–Crippen MR) is 118 cm³/mol. The van der Waals surface area contributed by atoms with Gasteiger partial charge >= 0.3 is 6.03 Å². The average Bonchev–Trinajstić information content (AvgIpc) is 3.26. The first kappa shape index (κ1) is 22.6. The molecule has 1 aliphatic heterocycles. The number of hydrogen-bond donors (Lipinski definition) is 2. The second-order valence-corrected chi connectivity index (χ2v) is 7.86. The number of nitro benzene ring substituents is 1. The number of non-ortho nitro benzene ring substituents is 1. The maximum atomic E-state index is 13.3. The van der Waals surface area contributed by atoms with Crippen LogP contribution in [-0.2, 0) is 15.1 Å². The highest BCUT2D eigenvalue weighted by Gasteiger charge is 2.49. The summed E-state index contributed by atoms with van der Waals surface area (Å²) < 4.78 is 14.6. The fraction of sp³-hybridized carbons (Fsp3) is 0.182. The molecular formula is C22H19FN6O5. The molecule has 2 heterocycles. The molecule has 1 fully saturated rings. The van der Waals surface area contributed by atoms with Crippen LogP contribution in [0.5, 0.6) is 0 Å². The van der Waals surface area contributed by atoms with Crippen molar-refractivity contribution in [3.05, 3.63) is 81.8 Å². The van der Waals surface area contributed by atoms with E-state index >= 15 is 0 Å². The van der Waals surface area contributed by atoms with Crippen molar-refractivity contribution in [3.63, 3.8) is 0 Å². The van der Waals surface area contributed by atoms with Crippen LogP contribution >= 0.6 is 0 Å². The molecule has 4 amide bonds. The van der Waals surface area contributed by atoms with Gasteiger partial charge in [0.15, 0.2) is 0 Å². The number of carbonyl (C=O) groups is 3. The number of rotatable bonds is 6. The van der Waals surface area contributed by atoms with Gasteiger partial charge in [-0.3, -0.25) is 24.6 Å². The Morgan fingerprint density at radius 2 is 1.82 bits per heavy atom. The van der Waals surface area contributed by atoms with Gasteiger partial charge in [-0.25, -0.2) is 13.9 Å². The zero-order valence-corrected chi connectivity index (χ0v) is 18.1. The number of benzene rings is 2. The van der Waals surface area contributed by atoms with Gasteiger partial charge in [0, 0.05) is 18.2 Å². The van der Waals surface area contributed by atoms with E-state index in [4.69, 9.17) is 0 Å². The molecule has 0 spiro atoms. The van der Waals surface area contributed by atoms with Gasteiger partial charge in [-0.15, -0.1) is 0 Å². The number of amides is 4. The van der Waals surface area contributed by atoms with Crippen LogP contribution in [0.2, 0.25) is 0 Å². The number of halogens is 1. The second kappa shape index (κ2) is 8.39. The van der Waals surface area contributed by atoms with Gasteiger partial charge in [0.2, 0.25) is 5.91 Å². The molecule has 0 aliphatic carbocycles. The fourth-order valence-corrected chi connectivity index (χ4v) is 3.65. The van der Waals surface area contributed by atoms with Crippen molar-refractivity contribution < 1.29 is 23.7 Å². The molecule has 174 valence electrons. The lowest BCUT2D eigenvalue weighted by atomic mass is 9.92. The van der Waals surface area contributed by atoms with E-state index in [1.807, 2.05) is 0 Å². The highest BCUT2D eigenvalue weighted by molar-refractivity contribution is 6.10. The monoisotopic (exact) mass is 466 g/mol. The van der Waals surface area contributed by atoms with E-state index in [1.165, 1.54) is 60.1 Å². The molecule has 1 aromatic heterocycles. The Balaban J connectivity index is 1.51. The molecule has 1 aliphatic rings. The number of anilines is 1. The third-order valence-electron chi connectivity index (χ3n) is 5.40. The Hall–Kier alpha value is -4.61. The molecule has 1 saturated heterocycles. The lowest BCUT2D eigenvalue weighted by Crippen LogP contribution is -2.42. The number of nitrogens with one attached hydrogen (secondary N) is 2. The molecule has 0 radical (unpaired) electrons. The van der Waals surface area contributed by atoms with Crippen molar-refractivity contribution in [2.24, 2.45) is 0 Å². The summed E-state index contributed by atoms with van der Waals surface area (Å²) >= 11 is 0. The van der Waals surface area contributed by atoms with Crippen LogP contribution in [0.4, 0.5) is 20.7 Å². The highest BCUT2D eigenvalue weighted by Crippen LogP contribution is 2.29. The summed E-state index contributed by atoms with van der Waals surface area (Å²) in [5, 5.41) is 20.3. The first-order valence-corrected chi connectivity index (χ1v) is 10.1. The molecule has 4 rings (SSSR count). The van der Waals surface area contributed by atoms with Gasteiger partial charge < -0.3 is 10.6 Å². The summed E-state index contributed by atoms with van der Waals surface area (Å²) in [6, 6.07) is 11.5.